The predicted octanol–water partition coefficient (Wildman–Crippen LogP) is 6.93. The third-order valence-corrected chi connectivity index (χ3v) is 9.58. The van der Waals surface area contributed by atoms with Gasteiger partial charge in [0.1, 0.15) is 12.4 Å². The molecular weight excluding hydrogens is 560 g/mol. The highest BCUT2D eigenvalue weighted by molar-refractivity contribution is 5.94. The fourth-order valence-electron chi connectivity index (χ4n) is 7.32. The maximum atomic E-state index is 12.2. The fourth-order valence-corrected chi connectivity index (χ4v) is 7.32. The van der Waals surface area contributed by atoms with Crippen molar-refractivity contribution < 1.29 is 14.6 Å². The third-order valence-electron chi connectivity index (χ3n) is 9.58. The number of ether oxygens (including phenoxy) is 2. The van der Waals surface area contributed by atoms with Crippen LogP contribution in [0.3, 0.4) is 0 Å². The summed E-state index contributed by atoms with van der Waals surface area (Å²) in [5.41, 5.74) is 6.28. The molecule has 0 spiro atoms. The minimum absolute atomic E-state index is 0.0245. The lowest BCUT2D eigenvalue weighted by atomic mass is 9.73. The van der Waals surface area contributed by atoms with Crippen molar-refractivity contribution in [1.29, 1.82) is 0 Å². The molecule has 3 saturated heterocycles. The van der Waals surface area contributed by atoms with Crippen molar-refractivity contribution in [1.82, 2.24) is 19.9 Å². The molecule has 6 heterocycles. The van der Waals surface area contributed by atoms with E-state index in [4.69, 9.17) is 19.4 Å². The number of benzene rings is 2. The molecule has 0 radical (unpaired) electrons. The highest BCUT2D eigenvalue weighted by Crippen LogP contribution is 2.43. The number of methoxy groups -OCH3 is 1. The van der Waals surface area contributed by atoms with Crippen LogP contribution in [-0.4, -0.2) is 51.2 Å². The molecule has 45 heavy (non-hydrogen) atoms. The van der Waals surface area contributed by atoms with Crippen LogP contribution in [0.1, 0.15) is 46.9 Å². The van der Waals surface area contributed by atoms with Crippen molar-refractivity contribution in [2.75, 3.05) is 20.2 Å². The van der Waals surface area contributed by atoms with Crippen molar-refractivity contribution in [3.05, 3.63) is 120 Å². The van der Waals surface area contributed by atoms with E-state index in [2.05, 4.69) is 41.3 Å². The van der Waals surface area contributed by atoms with Gasteiger partial charge >= 0.3 is 0 Å². The average Bonchev–Trinajstić information content (AvgIpc) is 3.10. The number of hydrogen-bond acceptors (Lipinski definition) is 7. The van der Waals surface area contributed by atoms with Gasteiger partial charge in [-0.05, 0) is 72.7 Å². The van der Waals surface area contributed by atoms with Gasteiger partial charge in [0.25, 0.3) is 0 Å². The number of pyridine rings is 3. The van der Waals surface area contributed by atoms with Crippen LogP contribution < -0.4 is 9.47 Å². The monoisotopic (exact) mass is 598 g/mol. The lowest BCUT2D eigenvalue weighted by Crippen LogP contribution is -2.54. The van der Waals surface area contributed by atoms with Gasteiger partial charge < -0.3 is 14.6 Å². The minimum atomic E-state index is -0.693. The van der Waals surface area contributed by atoms with E-state index in [1.54, 1.807) is 19.5 Å². The van der Waals surface area contributed by atoms with Crippen molar-refractivity contribution in [2.45, 2.75) is 38.0 Å². The average molecular weight is 599 g/mol. The zero-order valence-corrected chi connectivity index (χ0v) is 25.6. The Labute approximate surface area is 263 Å². The Morgan fingerprint density at radius 3 is 2.71 bits per heavy atom. The molecule has 7 heteroatoms. The van der Waals surface area contributed by atoms with Gasteiger partial charge in [-0.1, -0.05) is 43.0 Å². The molecule has 0 saturated carbocycles. The van der Waals surface area contributed by atoms with E-state index in [0.29, 0.717) is 36.5 Å². The van der Waals surface area contributed by atoms with Crippen molar-refractivity contribution in [3.8, 4) is 11.6 Å². The zero-order chi connectivity index (χ0) is 30.9. The second-order valence-electron chi connectivity index (χ2n) is 12.1. The van der Waals surface area contributed by atoms with Crippen LogP contribution in [0.4, 0.5) is 0 Å². The van der Waals surface area contributed by atoms with Crippen molar-refractivity contribution in [3.63, 3.8) is 0 Å². The molecule has 0 aliphatic carbocycles. The van der Waals surface area contributed by atoms with Gasteiger partial charge in [-0.3, -0.25) is 14.9 Å². The van der Waals surface area contributed by atoms with Crippen molar-refractivity contribution in [2.24, 2.45) is 11.8 Å². The zero-order valence-electron chi connectivity index (χ0n) is 25.6. The molecule has 7 nitrogen and oxygen atoms in total. The van der Waals surface area contributed by atoms with E-state index in [9.17, 15) is 5.11 Å². The van der Waals surface area contributed by atoms with Gasteiger partial charge in [0.2, 0.25) is 5.88 Å². The largest absolute Gasteiger partial charge is 0.496 e. The molecule has 1 N–H and O–H groups in total. The van der Waals surface area contributed by atoms with Gasteiger partial charge in [0.05, 0.1) is 24.2 Å². The molecule has 8 rings (SSSR count). The summed E-state index contributed by atoms with van der Waals surface area (Å²) in [6, 6.07) is 20.0. The second kappa shape index (κ2) is 12.4. The number of aliphatic hydroxyl groups excluding tert-OH is 1. The van der Waals surface area contributed by atoms with E-state index in [0.717, 1.165) is 75.7 Å². The summed E-state index contributed by atoms with van der Waals surface area (Å²) in [4.78, 5) is 16.6. The molecule has 2 bridgehead atoms. The Hall–Kier alpha value is -4.59. The van der Waals surface area contributed by atoms with Gasteiger partial charge in [0.15, 0.2) is 0 Å². The first-order valence-corrected chi connectivity index (χ1v) is 15.6. The van der Waals surface area contributed by atoms with Crippen LogP contribution in [0, 0.1) is 11.8 Å². The Morgan fingerprint density at radius 2 is 1.96 bits per heavy atom. The lowest BCUT2D eigenvalue weighted by molar-refractivity contribution is -0.0445. The molecule has 0 amide bonds. The highest BCUT2D eigenvalue weighted by atomic mass is 16.5. The molecule has 2 aromatic carbocycles. The van der Waals surface area contributed by atoms with Crippen LogP contribution in [0.2, 0.25) is 0 Å². The van der Waals surface area contributed by atoms with Gasteiger partial charge in [-0.2, -0.15) is 0 Å². The van der Waals surface area contributed by atoms with Crippen LogP contribution in [0.15, 0.2) is 92.3 Å². The normalized spacial score (nSPS) is 21.5. The molecule has 5 atom stereocenters. The Kier molecular flexibility index (Phi) is 8.04. The summed E-state index contributed by atoms with van der Waals surface area (Å²) < 4.78 is 11.9. The van der Waals surface area contributed by atoms with E-state index in [1.165, 1.54) is 0 Å². The predicted molar refractivity (Wildman–Crippen MR) is 178 cm³/mol. The number of fused-ring (bicyclic) bond motifs is 5. The summed E-state index contributed by atoms with van der Waals surface area (Å²) in [6.45, 7) is 10.5. The van der Waals surface area contributed by atoms with E-state index in [-0.39, 0.29) is 6.04 Å². The van der Waals surface area contributed by atoms with E-state index >= 15 is 0 Å². The number of hydrogen-bond donors (Lipinski definition) is 1. The molecule has 3 aromatic heterocycles. The molecule has 3 aliphatic heterocycles. The number of piperidine rings is 3. The first-order chi connectivity index (χ1) is 22.1. The van der Waals surface area contributed by atoms with E-state index < -0.39 is 6.10 Å². The highest BCUT2D eigenvalue weighted by Gasteiger charge is 2.42. The number of aliphatic hydroxyl groups is 1. The third kappa shape index (κ3) is 5.58. The van der Waals surface area contributed by atoms with E-state index in [1.807, 2.05) is 54.6 Å². The topological polar surface area (TPSA) is 80.6 Å². The van der Waals surface area contributed by atoms with Gasteiger partial charge in [-0.25, -0.2) is 4.98 Å². The number of rotatable bonds is 10. The quantitative estimate of drug-likeness (QED) is 0.175. The lowest BCUT2D eigenvalue weighted by Gasteiger charge is -2.50. The second-order valence-corrected chi connectivity index (χ2v) is 12.1. The first kappa shape index (κ1) is 29.1. The standard InChI is InChI=1S/C38H38N4O3/c1-4-25-22-42-16-14-26(25)18-34(42)38(43)31-20-28(40-33-12-13-35(44-3)29(5-2)37(31)33)17-27-19-36(41-32-11-7-6-10-30(27)32)45-23-24-9-8-15-39-21-24/h4-13,15,19-21,25-26,34,38,43H,1-2,14,16-18,22-23H2,3H3/t25-,26?,34-,38+/m0/s1. The molecule has 2 unspecified atom stereocenters. The molecule has 3 fully saturated rings. The Balaban J connectivity index is 1.30. The summed E-state index contributed by atoms with van der Waals surface area (Å²) >= 11 is 0. The Bertz CT molecular complexity index is 1870. The SMILES string of the molecule is C=Cc1c(OC)ccc2nc(Cc3cc(OCc4cccnc4)nc4ccccc34)cc([C@@H](O)[C@@H]3CC4CCN3C[C@@H]4C=C)c12. The van der Waals surface area contributed by atoms with Crippen LogP contribution in [0.25, 0.3) is 27.9 Å². The summed E-state index contributed by atoms with van der Waals surface area (Å²) in [5.74, 6) is 2.29. The van der Waals surface area contributed by atoms with Gasteiger partial charge in [-0.15, -0.1) is 6.58 Å². The fraction of sp³-hybridized carbons (Fsp3) is 0.289. The van der Waals surface area contributed by atoms with Crippen LogP contribution >= 0.6 is 0 Å². The maximum absolute atomic E-state index is 12.2. The summed E-state index contributed by atoms with van der Waals surface area (Å²) in [7, 11) is 1.66. The number of aromatic nitrogens is 3. The Morgan fingerprint density at radius 1 is 1.07 bits per heavy atom. The summed E-state index contributed by atoms with van der Waals surface area (Å²) in [6.07, 6.45) is 9.39. The van der Waals surface area contributed by atoms with Crippen molar-refractivity contribution >= 4 is 27.9 Å². The summed E-state index contributed by atoms with van der Waals surface area (Å²) in [5, 5.41) is 14.1. The minimum Gasteiger partial charge on any atom is -0.496 e. The molecule has 3 aliphatic rings. The molecular formula is C38H38N4O3. The van der Waals surface area contributed by atoms with Gasteiger partial charge in [0, 0.05) is 65.1 Å². The first-order valence-electron chi connectivity index (χ1n) is 15.6. The number of nitrogens with zero attached hydrogens (tertiary/aromatic N) is 4. The molecule has 5 aromatic rings. The molecule has 228 valence electrons. The number of para-hydroxylation sites is 1. The smallest absolute Gasteiger partial charge is 0.214 e. The maximum Gasteiger partial charge on any atom is 0.214 e. The van der Waals surface area contributed by atoms with Crippen LogP contribution in [-0.2, 0) is 13.0 Å². The van der Waals surface area contributed by atoms with Crippen LogP contribution in [0.5, 0.6) is 11.6 Å².